The highest BCUT2D eigenvalue weighted by atomic mass is 35.5. The third-order valence-corrected chi connectivity index (χ3v) is 4.01. The SMILES string of the molecule is COC(=O)c1cc([N+](=O)[O-])c(N(C)Cc2nccs2)cc1Cl. The molecule has 1 aromatic heterocycles. The molecule has 116 valence electrons. The normalized spacial score (nSPS) is 10.3. The first-order chi connectivity index (χ1) is 10.4. The van der Waals surface area contributed by atoms with Crippen molar-refractivity contribution in [3.63, 3.8) is 0 Å². The lowest BCUT2D eigenvalue weighted by atomic mass is 10.1. The van der Waals surface area contributed by atoms with Gasteiger partial charge < -0.3 is 9.64 Å². The third kappa shape index (κ3) is 3.34. The lowest BCUT2D eigenvalue weighted by Crippen LogP contribution is -2.18. The highest BCUT2D eigenvalue weighted by Crippen LogP contribution is 2.34. The fourth-order valence-electron chi connectivity index (χ4n) is 1.89. The van der Waals surface area contributed by atoms with Crippen LogP contribution >= 0.6 is 22.9 Å². The summed E-state index contributed by atoms with van der Waals surface area (Å²) in [5.74, 6) is -0.720. The van der Waals surface area contributed by atoms with Gasteiger partial charge in [0.05, 0.1) is 29.2 Å². The summed E-state index contributed by atoms with van der Waals surface area (Å²) >= 11 is 7.49. The molecule has 22 heavy (non-hydrogen) atoms. The maximum absolute atomic E-state index is 11.6. The molecule has 0 unspecified atom stereocenters. The van der Waals surface area contributed by atoms with Crippen LogP contribution in [0.4, 0.5) is 11.4 Å². The van der Waals surface area contributed by atoms with Crippen molar-refractivity contribution in [3.05, 3.63) is 49.4 Å². The molecule has 0 saturated carbocycles. The second-order valence-electron chi connectivity index (χ2n) is 4.35. The summed E-state index contributed by atoms with van der Waals surface area (Å²) in [6.07, 6.45) is 1.66. The van der Waals surface area contributed by atoms with E-state index in [2.05, 4.69) is 9.72 Å². The van der Waals surface area contributed by atoms with Gasteiger partial charge in [0.25, 0.3) is 5.69 Å². The van der Waals surface area contributed by atoms with Crippen molar-refractivity contribution in [1.82, 2.24) is 4.98 Å². The van der Waals surface area contributed by atoms with Crippen LogP contribution in [0.1, 0.15) is 15.4 Å². The minimum atomic E-state index is -0.720. The predicted octanol–water partition coefficient (Wildman–Crippen LogP) is 3.13. The lowest BCUT2D eigenvalue weighted by molar-refractivity contribution is -0.384. The number of hydrogen-bond donors (Lipinski definition) is 0. The molecule has 7 nitrogen and oxygen atoms in total. The van der Waals surface area contributed by atoms with E-state index in [1.165, 1.54) is 24.5 Å². The molecule has 1 heterocycles. The van der Waals surface area contributed by atoms with E-state index in [9.17, 15) is 14.9 Å². The quantitative estimate of drug-likeness (QED) is 0.472. The first-order valence-electron chi connectivity index (χ1n) is 6.09. The average Bonchev–Trinajstić information content (AvgIpc) is 2.98. The average molecular weight is 342 g/mol. The molecule has 0 saturated heterocycles. The number of carbonyl (C=O) groups is 1. The van der Waals surface area contributed by atoms with Crippen molar-refractivity contribution in [2.75, 3.05) is 19.1 Å². The minimum Gasteiger partial charge on any atom is -0.465 e. The Kier molecular flexibility index (Phi) is 4.94. The van der Waals surface area contributed by atoms with E-state index in [1.807, 2.05) is 5.38 Å². The van der Waals surface area contributed by atoms with E-state index in [4.69, 9.17) is 11.6 Å². The van der Waals surface area contributed by atoms with Gasteiger partial charge in [-0.05, 0) is 6.07 Å². The summed E-state index contributed by atoms with van der Waals surface area (Å²) in [6.45, 7) is 0.395. The zero-order chi connectivity index (χ0) is 16.3. The zero-order valence-corrected chi connectivity index (χ0v) is 13.3. The Labute approximate surface area is 135 Å². The summed E-state index contributed by atoms with van der Waals surface area (Å²) < 4.78 is 4.57. The summed E-state index contributed by atoms with van der Waals surface area (Å²) in [6, 6.07) is 2.52. The molecule has 0 aliphatic heterocycles. The number of carbonyl (C=O) groups excluding carboxylic acids is 1. The number of hydrogen-bond acceptors (Lipinski definition) is 7. The van der Waals surface area contributed by atoms with Crippen molar-refractivity contribution in [2.24, 2.45) is 0 Å². The molecular formula is C13H12ClN3O4S. The number of benzene rings is 1. The van der Waals surface area contributed by atoms with Crippen molar-refractivity contribution in [2.45, 2.75) is 6.54 Å². The molecule has 0 spiro atoms. The Morgan fingerprint density at radius 3 is 2.82 bits per heavy atom. The topological polar surface area (TPSA) is 85.6 Å². The highest BCUT2D eigenvalue weighted by Gasteiger charge is 2.24. The number of rotatable bonds is 5. The molecular weight excluding hydrogens is 330 g/mol. The molecule has 0 atom stereocenters. The summed E-state index contributed by atoms with van der Waals surface area (Å²) in [7, 11) is 2.88. The van der Waals surface area contributed by atoms with Gasteiger partial charge in [0, 0.05) is 24.7 Å². The molecule has 0 radical (unpaired) electrons. The highest BCUT2D eigenvalue weighted by molar-refractivity contribution is 7.09. The van der Waals surface area contributed by atoms with Crippen molar-refractivity contribution < 1.29 is 14.5 Å². The van der Waals surface area contributed by atoms with Crippen LogP contribution < -0.4 is 4.90 Å². The van der Waals surface area contributed by atoms with E-state index >= 15 is 0 Å². The molecule has 2 rings (SSSR count). The maximum atomic E-state index is 11.6. The van der Waals surface area contributed by atoms with Crippen LogP contribution in [0.25, 0.3) is 0 Å². The number of nitrogens with zero attached hydrogens (tertiary/aromatic N) is 3. The number of thiazole rings is 1. The van der Waals surface area contributed by atoms with Gasteiger partial charge in [-0.25, -0.2) is 9.78 Å². The van der Waals surface area contributed by atoms with E-state index in [1.54, 1.807) is 18.1 Å². The smallest absolute Gasteiger partial charge is 0.339 e. The first-order valence-corrected chi connectivity index (χ1v) is 7.35. The standard InChI is InChI=1S/C13H12ClN3O4S/c1-16(7-12-15-3-4-22-12)10-6-9(14)8(13(18)21-2)5-11(10)17(19)20/h3-6H,7H2,1-2H3. The zero-order valence-electron chi connectivity index (χ0n) is 11.8. The maximum Gasteiger partial charge on any atom is 0.339 e. The Hall–Kier alpha value is -2.19. The van der Waals surface area contributed by atoms with Gasteiger partial charge in [0.2, 0.25) is 0 Å². The van der Waals surface area contributed by atoms with E-state index in [-0.39, 0.29) is 16.3 Å². The number of ether oxygens (including phenoxy) is 1. The number of nitro benzene ring substituents is 1. The van der Waals surface area contributed by atoms with Gasteiger partial charge in [-0.3, -0.25) is 10.1 Å². The van der Waals surface area contributed by atoms with Gasteiger partial charge in [-0.1, -0.05) is 11.6 Å². The Morgan fingerprint density at radius 1 is 1.55 bits per heavy atom. The Bertz CT molecular complexity index is 706. The first kappa shape index (κ1) is 16.2. The predicted molar refractivity (Wildman–Crippen MR) is 83.7 cm³/mol. The molecule has 0 fully saturated rings. The lowest BCUT2D eigenvalue weighted by Gasteiger charge is -2.18. The van der Waals surface area contributed by atoms with Crippen molar-refractivity contribution in [3.8, 4) is 0 Å². The summed E-state index contributed by atoms with van der Waals surface area (Å²) in [5, 5.41) is 14.0. The monoisotopic (exact) mass is 341 g/mol. The third-order valence-electron chi connectivity index (χ3n) is 2.93. The van der Waals surface area contributed by atoms with E-state index in [0.29, 0.717) is 12.2 Å². The van der Waals surface area contributed by atoms with Gasteiger partial charge >= 0.3 is 5.97 Å². The fraction of sp³-hybridized carbons (Fsp3) is 0.231. The number of anilines is 1. The van der Waals surface area contributed by atoms with E-state index < -0.39 is 10.9 Å². The van der Waals surface area contributed by atoms with Crippen LogP contribution in [0.15, 0.2) is 23.7 Å². The fourth-order valence-corrected chi connectivity index (χ4v) is 2.79. The molecule has 2 aromatic rings. The Morgan fingerprint density at radius 2 is 2.27 bits per heavy atom. The molecule has 0 aliphatic carbocycles. The molecule has 0 bridgehead atoms. The second kappa shape index (κ2) is 6.71. The number of halogens is 1. The van der Waals surface area contributed by atoms with Crippen LogP contribution in [0.3, 0.4) is 0 Å². The van der Waals surface area contributed by atoms with Crippen LogP contribution in [-0.2, 0) is 11.3 Å². The van der Waals surface area contributed by atoms with Crippen LogP contribution in [-0.4, -0.2) is 30.0 Å². The molecule has 1 aromatic carbocycles. The molecule has 0 amide bonds. The second-order valence-corrected chi connectivity index (χ2v) is 5.74. The van der Waals surface area contributed by atoms with Crippen molar-refractivity contribution in [1.29, 1.82) is 0 Å². The molecule has 0 aliphatic rings. The molecule has 9 heteroatoms. The number of esters is 1. The van der Waals surface area contributed by atoms with E-state index in [0.717, 1.165) is 11.1 Å². The number of nitro groups is 1. The van der Waals surface area contributed by atoms with Crippen molar-refractivity contribution >= 4 is 40.3 Å². The van der Waals surface area contributed by atoms with Crippen LogP contribution in [0.2, 0.25) is 5.02 Å². The van der Waals surface area contributed by atoms with Crippen LogP contribution in [0.5, 0.6) is 0 Å². The largest absolute Gasteiger partial charge is 0.465 e. The van der Waals surface area contributed by atoms with Gasteiger partial charge in [-0.2, -0.15) is 0 Å². The van der Waals surface area contributed by atoms with Gasteiger partial charge in [-0.15, -0.1) is 11.3 Å². The van der Waals surface area contributed by atoms with Gasteiger partial charge in [0.15, 0.2) is 0 Å². The number of methoxy groups -OCH3 is 1. The minimum absolute atomic E-state index is 0.0396. The summed E-state index contributed by atoms with van der Waals surface area (Å²) in [5.41, 5.74) is 0.0453. The summed E-state index contributed by atoms with van der Waals surface area (Å²) in [4.78, 5) is 28.1. The van der Waals surface area contributed by atoms with Crippen LogP contribution in [0, 0.1) is 10.1 Å². The van der Waals surface area contributed by atoms with Gasteiger partial charge in [0.1, 0.15) is 10.7 Å². The molecule has 0 N–H and O–H groups in total. The number of aromatic nitrogens is 1. The Balaban J connectivity index is 2.43.